The van der Waals surface area contributed by atoms with Gasteiger partial charge in [-0.05, 0) is 67.9 Å². The SMILES string of the molecule is CCCOC(=O)c1ccc(N2C(=O)C(Nc3cc(Cl)ccc3O)=C(Sc3ccc(C)cc3)C2=O)cc1. The lowest BCUT2D eigenvalue weighted by atomic mass is 10.2. The molecule has 0 aromatic heterocycles. The van der Waals surface area contributed by atoms with Crippen LogP contribution >= 0.6 is 23.4 Å². The van der Waals surface area contributed by atoms with E-state index < -0.39 is 17.8 Å². The lowest BCUT2D eigenvalue weighted by Crippen LogP contribution is -2.32. The predicted octanol–water partition coefficient (Wildman–Crippen LogP) is 5.91. The molecule has 0 spiro atoms. The fourth-order valence-electron chi connectivity index (χ4n) is 3.44. The summed E-state index contributed by atoms with van der Waals surface area (Å²) in [5, 5.41) is 13.5. The third kappa shape index (κ3) is 5.40. The maximum absolute atomic E-state index is 13.5. The first-order valence-electron chi connectivity index (χ1n) is 11.2. The number of hydrogen-bond donors (Lipinski definition) is 2. The number of aryl methyl sites for hydroxylation is 1. The molecule has 1 heterocycles. The van der Waals surface area contributed by atoms with E-state index in [1.165, 1.54) is 42.5 Å². The summed E-state index contributed by atoms with van der Waals surface area (Å²) in [6, 6.07) is 18.0. The van der Waals surface area contributed by atoms with Crippen molar-refractivity contribution in [2.45, 2.75) is 25.2 Å². The van der Waals surface area contributed by atoms with E-state index in [0.717, 1.165) is 27.1 Å². The maximum atomic E-state index is 13.5. The van der Waals surface area contributed by atoms with Crippen LogP contribution in [0.5, 0.6) is 5.75 Å². The molecule has 0 atom stereocenters. The largest absolute Gasteiger partial charge is 0.506 e. The average Bonchev–Trinajstić information content (AvgIpc) is 3.10. The Bertz CT molecular complexity index is 1350. The third-order valence-electron chi connectivity index (χ3n) is 5.30. The normalized spacial score (nSPS) is 13.4. The lowest BCUT2D eigenvalue weighted by molar-refractivity contribution is -0.120. The van der Waals surface area contributed by atoms with Crippen LogP contribution in [-0.4, -0.2) is 29.5 Å². The number of hydrogen-bond acceptors (Lipinski definition) is 7. The molecule has 0 radical (unpaired) electrons. The van der Waals surface area contributed by atoms with Gasteiger partial charge in [-0.25, -0.2) is 9.69 Å². The van der Waals surface area contributed by atoms with Crippen molar-refractivity contribution in [1.82, 2.24) is 0 Å². The molecule has 0 bridgehead atoms. The van der Waals surface area contributed by atoms with Gasteiger partial charge in [-0.1, -0.05) is 48.0 Å². The van der Waals surface area contributed by atoms with Gasteiger partial charge < -0.3 is 15.2 Å². The van der Waals surface area contributed by atoms with Gasteiger partial charge in [0, 0.05) is 9.92 Å². The van der Waals surface area contributed by atoms with Gasteiger partial charge in [0.1, 0.15) is 16.4 Å². The minimum absolute atomic E-state index is 0.00886. The van der Waals surface area contributed by atoms with Gasteiger partial charge in [0.2, 0.25) is 0 Å². The minimum Gasteiger partial charge on any atom is -0.506 e. The molecule has 184 valence electrons. The van der Waals surface area contributed by atoms with Crippen molar-refractivity contribution in [3.63, 3.8) is 0 Å². The summed E-state index contributed by atoms with van der Waals surface area (Å²) in [5.74, 6) is -1.73. The zero-order valence-corrected chi connectivity index (χ0v) is 21.2. The zero-order chi connectivity index (χ0) is 25.8. The smallest absolute Gasteiger partial charge is 0.338 e. The second kappa shape index (κ2) is 10.9. The first-order chi connectivity index (χ1) is 17.3. The molecule has 3 aromatic rings. The van der Waals surface area contributed by atoms with Gasteiger partial charge in [-0.3, -0.25) is 9.59 Å². The maximum Gasteiger partial charge on any atom is 0.338 e. The fourth-order valence-corrected chi connectivity index (χ4v) is 4.54. The molecule has 4 rings (SSSR count). The monoisotopic (exact) mass is 522 g/mol. The Balaban J connectivity index is 1.68. The minimum atomic E-state index is -0.602. The number of benzene rings is 3. The molecule has 36 heavy (non-hydrogen) atoms. The number of esters is 1. The van der Waals surface area contributed by atoms with Crippen LogP contribution in [0.25, 0.3) is 0 Å². The van der Waals surface area contributed by atoms with Gasteiger partial charge in [-0.2, -0.15) is 0 Å². The van der Waals surface area contributed by atoms with Crippen LogP contribution in [0, 0.1) is 6.92 Å². The quantitative estimate of drug-likeness (QED) is 0.216. The van der Waals surface area contributed by atoms with Crippen molar-refractivity contribution in [3.8, 4) is 5.75 Å². The van der Waals surface area contributed by atoms with E-state index in [2.05, 4.69) is 5.32 Å². The van der Waals surface area contributed by atoms with E-state index >= 15 is 0 Å². The molecule has 9 heteroatoms. The number of imide groups is 1. The number of phenols is 1. The number of carbonyl (C=O) groups is 3. The second-order valence-electron chi connectivity index (χ2n) is 8.03. The fraction of sp³-hybridized carbons (Fsp3) is 0.148. The predicted molar refractivity (Wildman–Crippen MR) is 140 cm³/mol. The first kappa shape index (κ1) is 25.3. The van der Waals surface area contributed by atoms with Crippen LogP contribution in [0.15, 0.2) is 82.2 Å². The Hall–Kier alpha value is -3.75. The molecule has 3 aromatic carbocycles. The van der Waals surface area contributed by atoms with E-state index in [0.29, 0.717) is 29.3 Å². The average molecular weight is 523 g/mol. The molecular formula is C27H23ClN2O5S. The molecule has 1 aliphatic heterocycles. The molecule has 0 aliphatic carbocycles. The first-order valence-corrected chi connectivity index (χ1v) is 12.4. The van der Waals surface area contributed by atoms with Crippen LogP contribution in [0.2, 0.25) is 5.02 Å². The topological polar surface area (TPSA) is 95.9 Å². The van der Waals surface area contributed by atoms with E-state index in [-0.39, 0.29) is 22.0 Å². The zero-order valence-electron chi connectivity index (χ0n) is 19.6. The molecule has 1 aliphatic rings. The van der Waals surface area contributed by atoms with Crippen molar-refractivity contribution < 1.29 is 24.2 Å². The lowest BCUT2D eigenvalue weighted by Gasteiger charge is -2.16. The molecule has 0 fully saturated rings. The highest BCUT2D eigenvalue weighted by Crippen LogP contribution is 2.39. The van der Waals surface area contributed by atoms with E-state index in [1.807, 2.05) is 38.1 Å². The number of nitrogens with one attached hydrogen (secondary N) is 1. The van der Waals surface area contributed by atoms with E-state index in [4.69, 9.17) is 16.3 Å². The van der Waals surface area contributed by atoms with Crippen molar-refractivity contribution in [2.75, 3.05) is 16.8 Å². The van der Waals surface area contributed by atoms with Gasteiger partial charge in [0.25, 0.3) is 11.8 Å². The van der Waals surface area contributed by atoms with Crippen LogP contribution in [-0.2, 0) is 14.3 Å². The Kier molecular flexibility index (Phi) is 7.67. The summed E-state index contributed by atoms with van der Waals surface area (Å²) >= 11 is 7.21. The summed E-state index contributed by atoms with van der Waals surface area (Å²) in [6.07, 6.45) is 0.700. The summed E-state index contributed by atoms with van der Waals surface area (Å²) < 4.78 is 5.14. The molecule has 7 nitrogen and oxygen atoms in total. The van der Waals surface area contributed by atoms with Crippen LogP contribution in [0.3, 0.4) is 0 Å². The van der Waals surface area contributed by atoms with Crippen LogP contribution in [0.4, 0.5) is 11.4 Å². The Morgan fingerprint density at radius 1 is 1.03 bits per heavy atom. The van der Waals surface area contributed by atoms with Gasteiger partial charge >= 0.3 is 5.97 Å². The number of aromatic hydroxyl groups is 1. The number of phenolic OH excluding ortho intramolecular Hbond substituents is 1. The number of anilines is 2. The van der Waals surface area contributed by atoms with Gasteiger partial charge in [0.15, 0.2) is 0 Å². The number of nitrogens with zero attached hydrogens (tertiary/aromatic N) is 1. The summed E-state index contributed by atoms with van der Waals surface area (Å²) in [4.78, 5) is 41.1. The van der Waals surface area contributed by atoms with Crippen molar-refractivity contribution in [2.24, 2.45) is 0 Å². The summed E-state index contributed by atoms with van der Waals surface area (Å²) in [7, 11) is 0. The van der Waals surface area contributed by atoms with E-state index in [9.17, 15) is 19.5 Å². The number of thioether (sulfide) groups is 1. The summed E-state index contributed by atoms with van der Waals surface area (Å²) in [5.41, 5.74) is 1.87. The molecule has 0 unspecified atom stereocenters. The van der Waals surface area contributed by atoms with Crippen LogP contribution < -0.4 is 10.2 Å². The number of carbonyl (C=O) groups excluding carboxylic acids is 3. The van der Waals surface area contributed by atoms with Crippen molar-refractivity contribution in [1.29, 1.82) is 0 Å². The number of rotatable bonds is 8. The highest BCUT2D eigenvalue weighted by molar-refractivity contribution is 8.04. The summed E-state index contributed by atoms with van der Waals surface area (Å²) in [6.45, 7) is 4.16. The Morgan fingerprint density at radius 3 is 2.39 bits per heavy atom. The number of halogens is 1. The van der Waals surface area contributed by atoms with Gasteiger partial charge in [0.05, 0.1) is 23.5 Å². The molecule has 2 amide bonds. The molecular weight excluding hydrogens is 500 g/mol. The van der Waals surface area contributed by atoms with Gasteiger partial charge in [-0.15, -0.1) is 0 Å². The van der Waals surface area contributed by atoms with Crippen molar-refractivity contribution in [3.05, 3.63) is 93.5 Å². The molecule has 2 N–H and O–H groups in total. The highest BCUT2D eigenvalue weighted by Gasteiger charge is 2.40. The number of amides is 2. The molecule has 0 saturated heterocycles. The highest BCUT2D eigenvalue weighted by atomic mass is 35.5. The van der Waals surface area contributed by atoms with Crippen molar-refractivity contribution >= 4 is 52.5 Å². The second-order valence-corrected chi connectivity index (χ2v) is 9.55. The molecule has 0 saturated carbocycles. The standard InChI is InChI=1S/C27H23ClN2O5S/c1-3-14-35-27(34)17-6-9-19(10-7-17)30-25(32)23(29-21-15-18(28)8-13-22(21)31)24(26(30)33)36-20-11-4-16(2)5-12-20/h4-13,15,29,31H,3,14H2,1-2H3. The van der Waals surface area contributed by atoms with E-state index in [1.54, 1.807) is 0 Å². The Morgan fingerprint density at radius 2 is 1.72 bits per heavy atom. The third-order valence-corrected chi connectivity index (χ3v) is 6.62. The van der Waals surface area contributed by atoms with Crippen LogP contribution in [0.1, 0.15) is 29.3 Å². The Labute approximate surface area is 217 Å². The number of ether oxygens (including phenoxy) is 1.